The van der Waals surface area contributed by atoms with E-state index in [-0.39, 0.29) is 5.69 Å². The van der Waals surface area contributed by atoms with Crippen molar-refractivity contribution in [3.05, 3.63) is 83.2 Å². The third-order valence-corrected chi connectivity index (χ3v) is 4.24. The molecule has 2 aromatic carbocycles. The molecule has 0 saturated carbocycles. The number of amides is 1. The van der Waals surface area contributed by atoms with Gasteiger partial charge in [-0.3, -0.25) is 4.79 Å². The molecule has 0 radical (unpaired) electrons. The van der Waals surface area contributed by atoms with E-state index in [1.165, 1.54) is 24.3 Å². The standard InChI is InChI=1S/C20H15ClF3N3O/c1-12(2)15-5-3-4-6-17(15)26-19(28)16-11-25-27(18(16)20(22,23)24)14-9-7-13(21)8-10-14/h3-11H,1H2,2H3,(H,26,28). The molecule has 0 aliphatic rings. The second-order valence-corrected chi connectivity index (χ2v) is 6.51. The van der Waals surface area contributed by atoms with E-state index in [4.69, 9.17) is 11.6 Å². The lowest BCUT2D eigenvalue weighted by molar-refractivity contribution is -0.143. The Balaban J connectivity index is 2.04. The number of allylic oxidation sites excluding steroid dienone is 1. The molecule has 1 heterocycles. The highest BCUT2D eigenvalue weighted by Crippen LogP contribution is 2.34. The smallest absolute Gasteiger partial charge is 0.321 e. The van der Waals surface area contributed by atoms with Crippen molar-refractivity contribution in [1.82, 2.24) is 9.78 Å². The Bertz CT molecular complexity index is 1040. The number of hydrogen-bond donors (Lipinski definition) is 1. The van der Waals surface area contributed by atoms with Crippen LogP contribution in [0.2, 0.25) is 5.02 Å². The summed E-state index contributed by atoms with van der Waals surface area (Å²) in [6, 6.07) is 12.4. The Labute approximate surface area is 164 Å². The van der Waals surface area contributed by atoms with Gasteiger partial charge in [-0.05, 0) is 42.8 Å². The Hall–Kier alpha value is -3.06. The summed E-state index contributed by atoms with van der Waals surface area (Å²) in [7, 11) is 0. The van der Waals surface area contributed by atoms with Crippen molar-refractivity contribution in [3.8, 4) is 5.69 Å². The van der Waals surface area contributed by atoms with Crippen LogP contribution in [0.4, 0.5) is 18.9 Å². The van der Waals surface area contributed by atoms with Crippen molar-refractivity contribution in [2.24, 2.45) is 0 Å². The zero-order valence-corrected chi connectivity index (χ0v) is 15.5. The Morgan fingerprint density at radius 1 is 1.11 bits per heavy atom. The highest BCUT2D eigenvalue weighted by molar-refractivity contribution is 6.30. The molecule has 3 aromatic rings. The highest BCUT2D eigenvalue weighted by Gasteiger charge is 2.40. The lowest BCUT2D eigenvalue weighted by atomic mass is 10.1. The van der Waals surface area contributed by atoms with E-state index in [1.54, 1.807) is 31.2 Å². The molecule has 0 aliphatic carbocycles. The van der Waals surface area contributed by atoms with E-state index in [9.17, 15) is 18.0 Å². The Morgan fingerprint density at radius 2 is 1.75 bits per heavy atom. The van der Waals surface area contributed by atoms with Gasteiger partial charge in [-0.1, -0.05) is 36.4 Å². The minimum Gasteiger partial charge on any atom is -0.321 e. The molecule has 0 bridgehead atoms. The number of carbonyl (C=O) groups excluding carboxylic acids is 1. The van der Waals surface area contributed by atoms with Crippen molar-refractivity contribution < 1.29 is 18.0 Å². The van der Waals surface area contributed by atoms with E-state index in [1.807, 2.05) is 0 Å². The Kier molecular flexibility index (Phi) is 5.29. The maximum Gasteiger partial charge on any atom is 0.434 e. The predicted molar refractivity (Wildman–Crippen MR) is 103 cm³/mol. The molecule has 1 aromatic heterocycles. The highest BCUT2D eigenvalue weighted by atomic mass is 35.5. The van der Waals surface area contributed by atoms with Gasteiger partial charge in [-0.25, -0.2) is 4.68 Å². The third-order valence-electron chi connectivity index (χ3n) is 3.99. The first kappa shape index (κ1) is 19.7. The fraction of sp³-hybridized carbons (Fsp3) is 0.100. The first-order valence-corrected chi connectivity index (χ1v) is 8.53. The zero-order valence-electron chi connectivity index (χ0n) is 14.7. The van der Waals surface area contributed by atoms with Crippen LogP contribution in [0.5, 0.6) is 0 Å². The van der Waals surface area contributed by atoms with Gasteiger partial charge in [-0.2, -0.15) is 18.3 Å². The van der Waals surface area contributed by atoms with E-state index in [0.717, 1.165) is 6.20 Å². The molecule has 4 nitrogen and oxygen atoms in total. The van der Waals surface area contributed by atoms with Crippen LogP contribution in [0.1, 0.15) is 28.5 Å². The number of hydrogen-bond acceptors (Lipinski definition) is 2. The van der Waals surface area contributed by atoms with Gasteiger partial charge in [-0.15, -0.1) is 0 Å². The molecule has 0 spiro atoms. The molecular formula is C20H15ClF3N3O. The minimum atomic E-state index is -4.79. The number of halogens is 4. The fourth-order valence-corrected chi connectivity index (χ4v) is 2.85. The number of para-hydroxylation sites is 1. The van der Waals surface area contributed by atoms with Crippen LogP contribution in [0, 0.1) is 0 Å². The van der Waals surface area contributed by atoms with Gasteiger partial charge >= 0.3 is 6.18 Å². The van der Waals surface area contributed by atoms with Crippen LogP contribution in [-0.2, 0) is 6.18 Å². The Morgan fingerprint density at radius 3 is 2.36 bits per heavy atom. The largest absolute Gasteiger partial charge is 0.434 e. The van der Waals surface area contributed by atoms with Gasteiger partial charge in [0, 0.05) is 16.3 Å². The summed E-state index contributed by atoms with van der Waals surface area (Å²) in [6.07, 6.45) is -3.90. The predicted octanol–water partition coefficient (Wildman–Crippen LogP) is 5.83. The number of aromatic nitrogens is 2. The average Bonchev–Trinajstić information content (AvgIpc) is 3.08. The van der Waals surface area contributed by atoms with E-state index in [2.05, 4.69) is 17.0 Å². The zero-order chi connectivity index (χ0) is 20.5. The molecular weight excluding hydrogens is 391 g/mol. The SMILES string of the molecule is C=C(C)c1ccccc1NC(=O)c1cnn(-c2ccc(Cl)cc2)c1C(F)(F)F. The second-order valence-electron chi connectivity index (χ2n) is 6.07. The molecule has 1 N–H and O–H groups in total. The molecule has 144 valence electrons. The van der Waals surface area contributed by atoms with Crippen molar-refractivity contribution in [2.75, 3.05) is 5.32 Å². The first-order chi connectivity index (χ1) is 13.2. The molecule has 0 unspecified atom stereocenters. The number of rotatable bonds is 4. The van der Waals surface area contributed by atoms with Gasteiger partial charge < -0.3 is 5.32 Å². The minimum absolute atomic E-state index is 0.137. The van der Waals surface area contributed by atoms with E-state index < -0.39 is 23.3 Å². The second kappa shape index (κ2) is 7.52. The molecule has 8 heteroatoms. The molecule has 3 rings (SSSR count). The molecule has 1 amide bonds. The lowest BCUT2D eigenvalue weighted by Gasteiger charge is -2.14. The maximum atomic E-state index is 13.7. The van der Waals surface area contributed by atoms with Crippen LogP contribution in [0.3, 0.4) is 0 Å². The van der Waals surface area contributed by atoms with Gasteiger partial charge in [0.15, 0.2) is 5.69 Å². The summed E-state index contributed by atoms with van der Waals surface area (Å²) in [6.45, 7) is 5.56. The summed E-state index contributed by atoms with van der Waals surface area (Å²) in [5.74, 6) is -0.916. The number of anilines is 1. The molecule has 28 heavy (non-hydrogen) atoms. The third kappa shape index (κ3) is 3.94. The topological polar surface area (TPSA) is 46.9 Å². The van der Waals surface area contributed by atoms with Gasteiger partial charge in [0.1, 0.15) is 0 Å². The normalized spacial score (nSPS) is 11.3. The molecule has 0 aliphatic heterocycles. The summed E-state index contributed by atoms with van der Waals surface area (Å²) in [4.78, 5) is 12.6. The number of nitrogens with one attached hydrogen (secondary N) is 1. The fourth-order valence-electron chi connectivity index (χ4n) is 2.72. The summed E-state index contributed by atoms with van der Waals surface area (Å²) >= 11 is 5.79. The number of benzene rings is 2. The summed E-state index contributed by atoms with van der Waals surface area (Å²) in [5.41, 5.74) is 0.0582. The van der Waals surface area contributed by atoms with Crippen LogP contribution in [0.25, 0.3) is 11.3 Å². The van der Waals surface area contributed by atoms with E-state index in [0.29, 0.717) is 26.5 Å². The van der Waals surface area contributed by atoms with Crippen LogP contribution >= 0.6 is 11.6 Å². The maximum absolute atomic E-state index is 13.7. The van der Waals surface area contributed by atoms with Gasteiger partial charge in [0.05, 0.1) is 17.4 Å². The van der Waals surface area contributed by atoms with Crippen LogP contribution in [-0.4, -0.2) is 15.7 Å². The quantitative estimate of drug-likeness (QED) is 0.593. The van der Waals surface area contributed by atoms with Crippen molar-refractivity contribution in [2.45, 2.75) is 13.1 Å². The first-order valence-electron chi connectivity index (χ1n) is 8.16. The molecule has 0 saturated heterocycles. The molecule has 0 atom stereocenters. The van der Waals surface area contributed by atoms with Gasteiger partial charge in [0.2, 0.25) is 0 Å². The molecule has 0 fully saturated rings. The lowest BCUT2D eigenvalue weighted by Crippen LogP contribution is -2.21. The summed E-state index contributed by atoms with van der Waals surface area (Å²) < 4.78 is 41.9. The van der Waals surface area contributed by atoms with Crippen LogP contribution < -0.4 is 5.32 Å². The van der Waals surface area contributed by atoms with Crippen LogP contribution in [0.15, 0.2) is 61.3 Å². The monoisotopic (exact) mass is 405 g/mol. The number of nitrogens with zero attached hydrogens (tertiary/aromatic N) is 2. The average molecular weight is 406 g/mol. The van der Waals surface area contributed by atoms with Crippen molar-refractivity contribution >= 4 is 28.8 Å². The van der Waals surface area contributed by atoms with Gasteiger partial charge in [0.25, 0.3) is 5.91 Å². The van der Waals surface area contributed by atoms with Crippen molar-refractivity contribution in [3.63, 3.8) is 0 Å². The number of carbonyl (C=O) groups is 1. The van der Waals surface area contributed by atoms with E-state index >= 15 is 0 Å². The summed E-state index contributed by atoms with van der Waals surface area (Å²) in [5, 5.41) is 6.67. The van der Waals surface area contributed by atoms with Crippen molar-refractivity contribution in [1.29, 1.82) is 0 Å². The number of alkyl halides is 3.